The largest absolute Gasteiger partial charge is 0.497 e. The first-order chi connectivity index (χ1) is 10.3. The van der Waals surface area contributed by atoms with Gasteiger partial charge in [-0.25, -0.2) is 0 Å². The van der Waals surface area contributed by atoms with Crippen molar-refractivity contribution >= 4 is 0 Å². The van der Waals surface area contributed by atoms with Gasteiger partial charge in [-0.15, -0.1) is 0 Å². The zero-order valence-electron chi connectivity index (χ0n) is 12.8. The molecule has 0 amide bonds. The fourth-order valence-electron chi connectivity index (χ4n) is 3.30. The van der Waals surface area contributed by atoms with Crippen LogP contribution in [0.25, 0.3) is 0 Å². The molecular formula is C19H23NO. The number of likely N-dealkylation sites (N-methyl/N-ethyl adjacent to an activating group) is 1. The van der Waals surface area contributed by atoms with Crippen molar-refractivity contribution in [3.05, 3.63) is 65.2 Å². The second-order valence-corrected chi connectivity index (χ2v) is 5.88. The van der Waals surface area contributed by atoms with Gasteiger partial charge < -0.3 is 10.1 Å². The molecule has 0 spiro atoms. The average molecular weight is 281 g/mol. The predicted octanol–water partition coefficient (Wildman–Crippen LogP) is 3.56. The highest BCUT2D eigenvalue weighted by molar-refractivity contribution is 5.40. The molecular weight excluding hydrogens is 258 g/mol. The summed E-state index contributed by atoms with van der Waals surface area (Å²) in [6.45, 7) is 0. The van der Waals surface area contributed by atoms with Crippen LogP contribution in [0.3, 0.4) is 0 Å². The zero-order chi connectivity index (χ0) is 14.7. The molecule has 0 fully saturated rings. The number of fused-ring (bicyclic) bond motifs is 1. The fourth-order valence-corrected chi connectivity index (χ4v) is 3.30. The summed E-state index contributed by atoms with van der Waals surface area (Å²) >= 11 is 0. The molecule has 0 saturated carbocycles. The second kappa shape index (κ2) is 6.31. The van der Waals surface area contributed by atoms with Crippen molar-refractivity contribution in [1.82, 2.24) is 5.32 Å². The van der Waals surface area contributed by atoms with Gasteiger partial charge in [0.2, 0.25) is 0 Å². The van der Waals surface area contributed by atoms with Gasteiger partial charge in [0, 0.05) is 6.04 Å². The van der Waals surface area contributed by atoms with Crippen LogP contribution in [-0.4, -0.2) is 20.2 Å². The topological polar surface area (TPSA) is 21.3 Å². The molecule has 110 valence electrons. The average Bonchev–Trinajstić information content (AvgIpc) is 2.51. The Morgan fingerprint density at radius 1 is 1.19 bits per heavy atom. The second-order valence-electron chi connectivity index (χ2n) is 5.88. The van der Waals surface area contributed by atoms with Gasteiger partial charge in [0.15, 0.2) is 0 Å². The Bertz CT molecular complexity index is 608. The Balaban J connectivity index is 1.64. The molecule has 1 aliphatic rings. The third-order valence-electron chi connectivity index (χ3n) is 4.55. The molecule has 0 heterocycles. The Kier molecular flexibility index (Phi) is 4.26. The number of rotatable bonds is 6. The number of hydrogen-bond donors (Lipinski definition) is 1. The lowest BCUT2D eigenvalue weighted by Crippen LogP contribution is -2.32. The van der Waals surface area contributed by atoms with E-state index in [-0.39, 0.29) is 0 Å². The van der Waals surface area contributed by atoms with Gasteiger partial charge in [0.1, 0.15) is 5.75 Å². The molecule has 0 bridgehead atoms. The fraction of sp³-hybridized carbons (Fsp3) is 0.368. The summed E-state index contributed by atoms with van der Waals surface area (Å²) in [5.41, 5.74) is 4.41. The van der Waals surface area contributed by atoms with Gasteiger partial charge >= 0.3 is 0 Å². The van der Waals surface area contributed by atoms with E-state index in [9.17, 15) is 0 Å². The minimum absolute atomic E-state index is 0.510. The monoisotopic (exact) mass is 281 g/mol. The standard InChI is InChI=1S/C19H23NO/c1-20-17(10-14-6-5-8-18(11-14)21-2)13-16-12-15-7-3-4-9-19(15)16/h3-9,11,16-17,20H,10,12-13H2,1-2H3. The van der Waals surface area contributed by atoms with Crippen LogP contribution in [0.15, 0.2) is 48.5 Å². The van der Waals surface area contributed by atoms with E-state index in [4.69, 9.17) is 4.74 Å². The highest BCUT2D eigenvalue weighted by Crippen LogP contribution is 2.38. The van der Waals surface area contributed by atoms with Crippen LogP contribution in [-0.2, 0) is 12.8 Å². The third-order valence-corrected chi connectivity index (χ3v) is 4.55. The molecule has 1 N–H and O–H groups in total. The number of methoxy groups -OCH3 is 1. The molecule has 0 aliphatic heterocycles. The molecule has 0 radical (unpaired) electrons. The minimum atomic E-state index is 0.510. The van der Waals surface area contributed by atoms with E-state index in [1.165, 1.54) is 24.0 Å². The van der Waals surface area contributed by atoms with E-state index < -0.39 is 0 Å². The summed E-state index contributed by atoms with van der Waals surface area (Å²) in [6.07, 6.45) is 3.48. The van der Waals surface area contributed by atoms with E-state index in [1.54, 1.807) is 12.7 Å². The third kappa shape index (κ3) is 3.11. The summed E-state index contributed by atoms with van der Waals surface area (Å²) < 4.78 is 5.31. The van der Waals surface area contributed by atoms with Crippen molar-refractivity contribution in [2.75, 3.05) is 14.2 Å². The highest BCUT2D eigenvalue weighted by atomic mass is 16.5. The van der Waals surface area contributed by atoms with Crippen molar-refractivity contribution in [3.8, 4) is 5.75 Å². The molecule has 21 heavy (non-hydrogen) atoms. The molecule has 3 rings (SSSR count). The quantitative estimate of drug-likeness (QED) is 0.874. The zero-order valence-corrected chi connectivity index (χ0v) is 12.8. The summed E-state index contributed by atoms with van der Waals surface area (Å²) in [5.74, 6) is 1.65. The van der Waals surface area contributed by atoms with Gasteiger partial charge in [-0.05, 0) is 61.1 Å². The van der Waals surface area contributed by atoms with E-state index in [2.05, 4.69) is 54.8 Å². The first kappa shape index (κ1) is 14.2. The van der Waals surface area contributed by atoms with Crippen LogP contribution >= 0.6 is 0 Å². The first-order valence-electron chi connectivity index (χ1n) is 7.68. The maximum atomic E-state index is 5.31. The number of nitrogens with one attached hydrogen (secondary N) is 1. The van der Waals surface area contributed by atoms with Crippen LogP contribution in [0.4, 0.5) is 0 Å². The van der Waals surface area contributed by atoms with Crippen molar-refractivity contribution in [1.29, 1.82) is 0 Å². The summed E-state index contributed by atoms with van der Waals surface area (Å²) in [7, 11) is 3.79. The predicted molar refractivity (Wildman–Crippen MR) is 87.0 cm³/mol. The van der Waals surface area contributed by atoms with Crippen LogP contribution in [0.1, 0.15) is 29.0 Å². The van der Waals surface area contributed by atoms with Crippen molar-refractivity contribution in [2.45, 2.75) is 31.2 Å². The van der Waals surface area contributed by atoms with Crippen LogP contribution in [0.5, 0.6) is 5.75 Å². The number of benzene rings is 2. The summed E-state index contributed by atoms with van der Waals surface area (Å²) in [5, 5.41) is 3.48. The number of hydrogen-bond acceptors (Lipinski definition) is 2. The van der Waals surface area contributed by atoms with Gasteiger partial charge in [0.25, 0.3) is 0 Å². The lowest BCUT2D eigenvalue weighted by Gasteiger charge is -2.33. The van der Waals surface area contributed by atoms with Gasteiger partial charge in [0.05, 0.1) is 7.11 Å². The van der Waals surface area contributed by atoms with E-state index in [0.29, 0.717) is 12.0 Å². The smallest absolute Gasteiger partial charge is 0.119 e. The lowest BCUT2D eigenvalue weighted by atomic mass is 9.74. The van der Waals surface area contributed by atoms with Crippen molar-refractivity contribution in [3.63, 3.8) is 0 Å². The first-order valence-corrected chi connectivity index (χ1v) is 7.68. The molecule has 1 aliphatic carbocycles. The SMILES string of the molecule is CNC(Cc1cccc(OC)c1)CC1Cc2ccccc21. The van der Waals surface area contributed by atoms with Crippen LogP contribution < -0.4 is 10.1 Å². The van der Waals surface area contributed by atoms with Gasteiger partial charge in [-0.3, -0.25) is 0 Å². The molecule has 2 nitrogen and oxygen atoms in total. The maximum Gasteiger partial charge on any atom is 0.119 e. The highest BCUT2D eigenvalue weighted by Gasteiger charge is 2.27. The van der Waals surface area contributed by atoms with E-state index >= 15 is 0 Å². The van der Waals surface area contributed by atoms with Crippen LogP contribution in [0, 0.1) is 0 Å². The molecule has 2 aromatic rings. The molecule has 2 aromatic carbocycles. The Hall–Kier alpha value is -1.80. The Morgan fingerprint density at radius 3 is 2.81 bits per heavy atom. The molecule has 0 aromatic heterocycles. The maximum absolute atomic E-state index is 5.31. The van der Waals surface area contributed by atoms with Gasteiger partial charge in [-0.1, -0.05) is 36.4 Å². The summed E-state index contributed by atoms with van der Waals surface area (Å²) in [4.78, 5) is 0. The van der Waals surface area contributed by atoms with Crippen molar-refractivity contribution in [2.24, 2.45) is 0 Å². The van der Waals surface area contributed by atoms with E-state index in [1.807, 2.05) is 6.07 Å². The van der Waals surface area contributed by atoms with Crippen molar-refractivity contribution < 1.29 is 4.74 Å². The lowest BCUT2D eigenvalue weighted by molar-refractivity contribution is 0.412. The molecule has 2 heteroatoms. The number of ether oxygens (including phenoxy) is 1. The Labute approximate surface area is 127 Å². The normalized spacial score (nSPS) is 17.7. The minimum Gasteiger partial charge on any atom is -0.497 e. The van der Waals surface area contributed by atoms with E-state index in [0.717, 1.165) is 12.2 Å². The molecule has 2 atom stereocenters. The molecule has 2 unspecified atom stereocenters. The van der Waals surface area contributed by atoms with Gasteiger partial charge in [-0.2, -0.15) is 0 Å². The van der Waals surface area contributed by atoms with Crippen LogP contribution in [0.2, 0.25) is 0 Å². The summed E-state index contributed by atoms with van der Waals surface area (Å²) in [6, 6.07) is 17.7. The Morgan fingerprint density at radius 2 is 2.05 bits per heavy atom. The molecule has 0 saturated heterocycles.